The number of nitrogens with zero attached hydrogens (tertiary/aromatic N) is 2. The number of aromatic nitrogens is 2. The van der Waals surface area contributed by atoms with Crippen LogP contribution < -0.4 is 0 Å². The van der Waals surface area contributed by atoms with Crippen LogP contribution in [-0.2, 0) is 6.54 Å². The van der Waals surface area contributed by atoms with Crippen molar-refractivity contribution in [2.75, 3.05) is 0 Å². The van der Waals surface area contributed by atoms with Gasteiger partial charge in [0.05, 0.1) is 12.1 Å². The van der Waals surface area contributed by atoms with Crippen LogP contribution in [0.15, 0.2) is 42.5 Å². The molecule has 1 aromatic heterocycles. The zero-order valence-corrected chi connectivity index (χ0v) is 13.7. The Morgan fingerprint density at radius 3 is 2.65 bits per heavy atom. The molecule has 0 aliphatic carbocycles. The van der Waals surface area contributed by atoms with Gasteiger partial charge >= 0.3 is 5.97 Å². The Morgan fingerprint density at radius 1 is 1.26 bits per heavy atom. The molecule has 3 aromatic rings. The molecule has 0 spiro atoms. The van der Waals surface area contributed by atoms with Crippen molar-refractivity contribution < 1.29 is 9.90 Å². The highest BCUT2D eigenvalue weighted by Gasteiger charge is 2.16. The second kappa shape index (κ2) is 6.05. The van der Waals surface area contributed by atoms with Crippen LogP contribution in [0, 0.1) is 0 Å². The second-order valence-corrected chi connectivity index (χ2v) is 6.24. The molecule has 2 aromatic carbocycles. The standard InChI is InChI=1S/C18H17ClN2O2/c1-11(2)12-7-8-13(15(19)9-12)10-21-16-6-4-3-5-14(16)17(20-21)18(22)23/h3-9,11H,10H2,1-2H3,(H,22,23). The number of carbonyl (C=O) groups is 1. The number of para-hydroxylation sites is 1. The van der Waals surface area contributed by atoms with Crippen LogP contribution in [0.1, 0.15) is 41.4 Å². The van der Waals surface area contributed by atoms with E-state index >= 15 is 0 Å². The SMILES string of the molecule is CC(C)c1ccc(Cn2nc(C(=O)O)c3ccccc32)c(Cl)c1. The van der Waals surface area contributed by atoms with Gasteiger partial charge in [-0.05, 0) is 29.2 Å². The summed E-state index contributed by atoms with van der Waals surface area (Å²) in [4.78, 5) is 11.4. The molecule has 4 nitrogen and oxygen atoms in total. The van der Waals surface area contributed by atoms with Crippen molar-refractivity contribution in [3.63, 3.8) is 0 Å². The Labute approximate surface area is 139 Å². The Morgan fingerprint density at radius 2 is 2.00 bits per heavy atom. The van der Waals surface area contributed by atoms with Gasteiger partial charge in [-0.15, -0.1) is 0 Å². The first-order chi connectivity index (χ1) is 11.0. The summed E-state index contributed by atoms with van der Waals surface area (Å²) in [5.74, 6) is -0.619. The maximum atomic E-state index is 11.4. The molecular weight excluding hydrogens is 312 g/mol. The summed E-state index contributed by atoms with van der Waals surface area (Å²) >= 11 is 6.39. The van der Waals surface area contributed by atoms with Gasteiger partial charge in [0.15, 0.2) is 5.69 Å². The third-order valence-electron chi connectivity index (χ3n) is 3.92. The number of rotatable bonds is 4. The summed E-state index contributed by atoms with van der Waals surface area (Å²) < 4.78 is 1.69. The van der Waals surface area contributed by atoms with E-state index in [0.717, 1.165) is 11.1 Å². The number of carboxylic acid groups (broad SMARTS) is 1. The van der Waals surface area contributed by atoms with Crippen LogP contribution in [0.25, 0.3) is 10.9 Å². The van der Waals surface area contributed by atoms with Gasteiger partial charge in [0.1, 0.15) is 0 Å². The highest BCUT2D eigenvalue weighted by Crippen LogP contribution is 2.25. The molecule has 1 heterocycles. The maximum absolute atomic E-state index is 11.4. The Bertz CT molecular complexity index is 884. The molecule has 0 radical (unpaired) electrons. The van der Waals surface area contributed by atoms with E-state index in [4.69, 9.17) is 11.6 Å². The summed E-state index contributed by atoms with van der Waals surface area (Å²) in [5, 5.41) is 14.9. The second-order valence-electron chi connectivity index (χ2n) is 5.83. The van der Waals surface area contributed by atoms with Crippen molar-refractivity contribution in [2.24, 2.45) is 0 Å². The highest BCUT2D eigenvalue weighted by molar-refractivity contribution is 6.31. The van der Waals surface area contributed by atoms with Crippen LogP contribution in [0.5, 0.6) is 0 Å². The van der Waals surface area contributed by atoms with Gasteiger partial charge in [0.2, 0.25) is 0 Å². The van der Waals surface area contributed by atoms with Gasteiger partial charge in [0, 0.05) is 10.4 Å². The Hall–Kier alpha value is -2.33. The third kappa shape index (κ3) is 2.94. The van der Waals surface area contributed by atoms with E-state index in [1.807, 2.05) is 30.3 Å². The van der Waals surface area contributed by atoms with Gasteiger partial charge < -0.3 is 5.11 Å². The lowest BCUT2D eigenvalue weighted by Gasteiger charge is -2.10. The number of benzene rings is 2. The fourth-order valence-electron chi connectivity index (χ4n) is 2.62. The molecule has 118 valence electrons. The molecular formula is C18H17ClN2O2. The fraction of sp³-hybridized carbons (Fsp3) is 0.222. The van der Waals surface area contributed by atoms with E-state index in [0.29, 0.717) is 22.9 Å². The van der Waals surface area contributed by atoms with Gasteiger partial charge in [-0.25, -0.2) is 4.79 Å². The van der Waals surface area contributed by atoms with Crippen molar-refractivity contribution >= 4 is 28.5 Å². The molecule has 0 amide bonds. The van der Waals surface area contributed by atoms with Crippen molar-refractivity contribution in [1.29, 1.82) is 0 Å². The number of halogens is 1. The van der Waals surface area contributed by atoms with Crippen LogP contribution in [0.4, 0.5) is 0 Å². The normalized spacial score (nSPS) is 11.3. The van der Waals surface area contributed by atoms with Crippen LogP contribution in [0.3, 0.4) is 0 Å². The average Bonchev–Trinajstić information content (AvgIpc) is 2.88. The molecule has 3 rings (SSSR count). The van der Waals surface area contributed by atoms with Crippen molar-refractivity contribution in [3.8, 4) is 0 Å². The molecule has 5 heteroatoms. The molecule has 0 unspecified atom stereocenters. The van der Waals surface area contributed by atoms with Gasteiger partial charge in [-0.1, -0.05) is 55.8 Å². The van der Waals surface area contributed by atoms with E-state index in [1.165, 1.54) is 5.56 Å². The molecule has 0 aliphatic rings. The van der Waals surface area contributed by atoms with Gasteiger partial charge in [-0.2, -0.15) is 5.10 Å². The zero-order chi connectivity index (χ0) is 16.6. The predicted molar refractivity (Wildman–Crippen MR) is 91.3 cm³/mol. The first-order valence-electron chi connectivity index (χ1n) is 7.44. The van der Waals surface area contributed by atoms with Crippen molar-refractivity contribution in [3.05, 3.63) is 64.3 Å². The maximum Gasteiger partial charge on any atom is 0.357 e. The monoisotopic (exact) mass is 328 g/mol. The van der Waals surface area contributed by atoms with Gasteiger partial charge in [-0.3, -0.25) is 4.68 Å². The topological polar surface area (TPSA) is 55.1 Å². The molecule has 0 fully saturated rings. The van der Waals surface area contributed by atoms with E-state index in [2.05, 4.69) is 25.0 Å². The van der Waals surface area contributed by atoms with E-state index < -0.39 is 5.97 Å². The minimum absolute atomic E-state index is 0.0653. The van der Waals surface area contributed by atoms with Crippen molar-refractivity contribution in [2.45, 2.75) is 26.3 Å². The molecule has 1 N–H and O–H groups in total. The molecule has 0 saturated heterocycles. The molecule has 0 atom stereocenters. The minimum Gasteiger partial charge on any atom is -0.476 e. The molecule has 23 heavy (non-hydrogen) atoms. The summed E-state index contributed by atoms with van der Waals surface area (Å²) in [6.45, 7) is 4.67. The first-order valence-corrected chi connectivity index (χ1v) is 7.82. The molecule has 0 saturated carbocycles. The van der Waals surface area contributed by atoms with E-state index in [1.54, 1.807) is 10.7 Å². The average molecular weight is 329 g/mol. The quantitative estimate of drug-likeness (QED) is 0.763. The van der Waals surface area contributed by atoms with Crippen LogP contribution >= 0.6 is 11.6 Å². The lowest BCUT2D eigenvalue weighted by atomic mass is 10.0. The lowest BCUT2D eigenvalue weighted by Crippen LogP contribution is -2.05. The highest BCUT2D eigenvalue weighted by atomic mass is 35.5. The zero-order valence-electron chi connectivity index (χ0n) is 13.0. The minimum atomic E-state index is -1.03. The Kier molecular flexibility index (Phi) is 4.09. The third-order valence-corrected chi connectivity index (χ3v) is 4.28. The van der Waals surface area contributed by atoms with Crippen molar-refractivity contribution in [1.82, 2.24) is 9.78 Å². The summed E-state index contributed by atoms with van der Waals surface area (Å²) in [6.07, 6.45) is 0. The predicted octanol–water partition coefficient (Wildman–Crippen LogP) is 4.56. The molecule has 0 bridgehead atoms. The number of fused-ring (bicyclic) bond motifs is 1. The largest absolute Gasteiger partial charge is 0.476 e. The number of carboxylic acids is 1. The van der Waals surface area contributed by atoms with E-state index in [-0.39, 0.29) is 5.69 Å². The smallest absolute Gasteiger partial charge is 0.357 e. The number of hydrogen-bond donors (Lipinski definition) is 1. The van der Waals surface area contributed by atoms with Crippen LogP contribution in [-0.4, -0.2) is 20.9 Å². The van der Waals surface area contributed by atoms with Gasteiger partial charge in [0.25, 0.3) is 0 Å². The summed E-state index contributed by atoms with van der Waals surface area (Å²) in [7, 11) is 0. The lowest BCUT2D eigenvalue weighted by molar-refractivity contribution is 0.0691. The fourth-order valence-corrected chi connectivity index (χ4v) is 2.87. The Balaban J connectivity index is 2.04. The summed E-state index contributed by atoms with van der Waals surface area (Å²) in [6, 6.07) is 13.3. The number of aromatic carboxylic acids is 1. The number of hydrogen-bond acceptors (Lipinski definition) is 2. The first kappa shape index (κ1) is 15.6. The molecule has 0 aliphatic heterocycles. The van der Waals surface area contributed by atoms with Crippen LogP contribution in [0.2, 0.25) is 5.02 Å². The van der Waals surface area contributed by atoms with E-state index in [9.17, 15) is 9.90 Å². The summed E-state index contributed by atoms with van der Waals surface area (Å²) in [5.41, 5.74) is 2.95.